The molecule has 0 aromatic carbocycles. The standard InChI is InChI=1S/C12H20N2O/c1-12(2,3)10-9-11(13-15-10)14-7-5-4-6-8-14/h9H,4-8H2,1-3H3. The molecule has 3 nitrogen and oxygen atoms in total. The third-order valence-electron chi connectivity index (χ3n) is 2.92. The maximum absolute atomic E-state index is 5.39. The number of anilines is 1. The van der Waals surface area contributed by atoms with Crippen LogP contribution in [-0.2, 0) is 5.41 Å². The fourth-order valence-corrected chi connectivity index (χ4v) is 1.89. The second-order valence-electron chi connectivity index (χ2n) is 5.35. The van der Waals surface area contributed by atoms with Crippen LogP contribution in [0, 0.1) is 0 Å². The van der Waals surface area contributed by atoms with E-state index in [0.29, 0.717) is 0 Å². The van der Waals surface area contributed by atoms with E-state index in [1.807, 2.05) is 0 Å². The highest BCUT2D eigenvalue weighted by Gasteiger charge is 2.22. The normalized spacial score (nSPS) is 18.2. The predicted octanol–water partition coefficient (Wildman–Crippen LogP) is 2.96. The van der Waals surface area contributed by atoms with E-state index >= 15 is 0 Å². The Morgan fingerprint density at radius 1 is 1.20 bits per heavy atom. The van der Waals surface area contributed by atoms with Crippen molar-refractivity contribution in [2.24, 2.45) is 0 Å². The zero-order valence-electron chi connectivity index (χ0n) is 9.92. The summed E-state index contributed by atoms with van der Waals surface area (Å²) in [7, 11) is 0. The molecule has 84 valence electrons. The maximum atomic E-state index is 5.39. The van der Waals surface area contributed by atoms with Crippen molar-refractivity contribution in [2.45, 2.75) is 45.4 Å². The minimum atomic E-state index is 0.0566. The van der Waals surface area contributed by atoms with Gasteiger partial charge in [-0.05, 0) is 19.3 Å². The van der Waals surface area contributed by atoms with E-state index in [1.165, 1.54) is 19.3 Å². The summed E-state index contributed by atoms with van der Waals surface area (Å²) in [6, 6.07) is 2.09. The smallest absolute Gasteiger partial charge is 0.172 e. The Hall–Kier alpha value is -0.990. The minimum Gasteiger partial charge on any atom is -0.359 e. The number of hydrogen-bond donors (Lipinski definition) is 0. The highest BCUT2D eigenvalue weighted by molar-refractivity contribution is 5.39. The molecule has 0 spiro atoms. The van der Waals surface area contributed by atoms with Crippen LogP contribution in [0.15, 0.2) is 10.6 Å². The van der Waals surface area contributed by atoms with Gasteiger partial charge in [0.25, 0.3) is 0 Å². The molecule has 0 amide bonds. The van der Waals surface area contributed by atoms with Crippen LogP contribution in [0.2, 0.25) is 0 Å². The molecule has 1 aliphatic rings. The molecule has 1 fully saturated rings. The molecule has 0 N–H and O–H groups in total. The largest absolute Gasteiger partial charge is 0.359 e. The first-order chi connectivity index (χ1) is 7.07. The van der Waals surface area contributed by atoms with Crippen LogP contribution in [0.3, 0.4) is 0 Å². The van der Waals surface area contributed by atoms with Gasteiger partial charge in [-0.1, -0.05) is 25.9 Å². The topological polar surface area (TPSA) is 29.3 Å². The number of aromatic nitrogens is 1. The molecule has 1 aromatic rings. The molecule has 0 unspecified atom stereocenters. The monoisotopic (exact) mass is 208 g/mol. The summed E-state index contributed by atoms with van der Waals surface area (Å²) in [4.78, 5) is 2.32. The molecule has 0 aliphatic carbocycles. The van der Waals surface area contributed by atoms with Crippen molar-refractivity contribution in [1.29, 1.82) is 0 Å². The van der Waals surface area contributed by atoms with E-state index in [9.17, 15) is 0 Å². The van der Waals surface area contributed by atoms with Gasteiger partial charge in [0.2, 0.25) is 0 Å². The molecule has 1 saturated heterocycles. The van der Waals surface area contributed by atoms with E-state index in [2.05, 4.69) is 36.9 Å². The summed E-state index contributed by atoms with van der Waals surface area (Å²) >= 11 is 0. The van der Waals surface area contributed by atoms with Crippen LogP contribution < -0.4 is 4.90 Å². The van der Waals surface area contributed by atoms with Gasteiger partial charge >= 0.3 is 0 Å². The molecule has 2 rings (SSSR count). The van der Waals surface area contributed by atoms with Crippen molar-refractivity contribution in [3.05, 3.63) is 11.8 Å². The first-order valence-electron chi connectivity index (χ1n) is 5.79. The lowest BCUT2D eigenvalue weighted by molar-refractivity contribution is 0.329. The molecule has 0 saturated carbocycles. The van der Waals surface area contributed by atoms with E-state index < -0.39 is 0 Å². The minimum absolute atomic E-state index is 0.0566. The highest BCUT2D eigenvalue weighted by Crippen LogP contribution is 2.27. The van der Waals surface area contributed by atoms with Gasteiger partial charge in [0.1, 0.15) is 5.76 Å². The summed E-state index contributed by atoms with van der Waals surface area (Å²) in [6.07, 6.45) is 3.90. The van der Waals surface area contributed by atoms with Crippen molar-refractivity contribution in [1.82, 2.24) is 5.16 Å². The lowest BCUT2D eigenvalue weighted by atomic mass is 9.93. The van der Waals surface area contributed by atoms with Gasteiger partial charge in [-0.2, -0.15) is 0 Å². The molecule has 15 heavy (non-hydrogen) atoms. The average Bonchev–Trinajstić information content (AvgIpc) is 2.67. The fraction of sp³-hybridized carbons (Fsp3) is 0.750. The molecule has 0 atom stereocenters. The Labute approximate surface area is 91.4 Å². The molecular weight excluding hydrogens is 188 g/mol. The van der Waals surface area contributed by atoms with Crippen molar-refractivity contribution < 1.29 is 4.52 Å². The number of nitrogens with zero attached hydrogens (tertiary/aromatic N) is 2. The zero-order chi connectivity index (χ0) is 10.9. The van der Waals surface area contributed by atoms with Gasteiger partial charge in [0.05, 0.1) is 0 Å². The molecule has 1 aromatic heterocycles. The van der Waals surface area contributed by atoms with Crippen LogP contribution in [-0.4, -0.2) is 18.2 Å². The second-order valence-corrected chi connectivity index (χ2v) is 5.35. The Morgan fingerprint density at radius 2 is 1.87 bits per heavy atom. The van der Waals surface area contributed by atoms with Crippen LogP contribution in [0.1, 0.15) is 45.8 Å². The summed E-state index contributed by atoms with van der Waals surface area (Å²) in [5.41, 5.74) is 0.0566. The predicted molar refractivity (Wildman–Crippen MR) is 61.3 cm³/mol. The summed E-state index contributed by atoms with van der Waals surface area (Å²) < 4.78 is 5.39. The third kappa shape index (κ3) is 2.33. The second kappa shape index (κ2) is 3.87. The van der Waals surface area contributed by atoms with Gasteiger partial charge in [0, 0.05) is 24.6 Å². The summed E-state index contributed by atoms with van der Waals surface area (Å²) in [5, 5.41) is 4.16. The fourth-order valence-electron chi connectivity index (χ4n) is 1.89. The SMILES string of the molecule is CC(C)(C)c1cc(N2CCCCC2)no1. The van der Waals surface area contributed by atoms with Gasteiger partial charge in [-0.25, -0.2) is 0 Å². The average molecular weight is 208 g/mol. The van der Waals surface area contributed by atoms with Crippen LogP contribution in [0.4, 0.5) is 5.82 Å². The van der Waals surface area contributed by atoms with Gasteiger partial charge in [0.15, 0.2) is 5.82 Å². The van der Waals surface area contributed by atoms with Crippen LogP contribution in [0.5, 0.6) is 0 Å². The van der Waals surface area contributed by atoms with E-state index in [-0.39, 0.29) is 5.41 Å². The van der Waals surface area contributed by atoms with Crippen molar-refractivity contribution in [3.8, 4) is 0 Å². The lowest BCUT2D eigenvalue weighted by Crippen LogP contribution is -2.29. The Kier molecular flexibility index (Phi) is 2.72. The number of rotatable bonds is 1. The number of hydrogen-bond acceptors (Lipinski definition) is 3. The van der Waals surface area contributed by atoms with Crippen molar-refractivity contribution in [2.75, 3.05) is 18.0 Å². The van der Waals surface area contributed by atoms with Gasteiger partial charge in [-0.3, -0.25) is 0 Å². The molecular formula is C12H20N2O. The Morgan fingerprint density at radius 3 is 2.40 bits per heavy atom. The molecule has 2 heterocycles. The van der Waals surface area contributed by atoms with E-state index in [4.69, 9.17) is 4.52 Å². The third-order valence-corrected chi connectivity index (χ3v) is 2.92. The van der Waals surface area contributed by atoms with Crippen molar-refractivity contribution >= 4 is 5.82 Å². The summed E-state index contributed by atoms with van der Waals surface area (Å²) in [5.74, 6) is 1.99. The molecule has 1 aliphatic heterocycles. The van der Waals surface area contributed by atoms with Crippen LogP contribution in [0.25, 0.3) is 0 Å². The van der Waals surface area contributed by atoms with E-state index in [0.717, 1.165) is 24.7 Å². The molecule has 3 heteroatoms. The highest BCUT2D eigenvalue weighted by atomic mass is 16.5. The van der Waals surface area contributed by atoms with E-state index in [1.54, 1.807) is 0 Å². The Balaban J connectivity index is 2.12. The quantitative estimate of drug-likeness (QED) is 0.710. The number of piperidine rings is 1. The van der Waals surface area contributed by atoms with Gasteiger partial charge < -0.3 is 9.42 Å². The summed E-state index contributed by atoms with van der Waals surface area (Å²) in [6.45, 7) is 8.68. The zero-order valence-corrected chi connectivity index (χ0v) is 9.92. The molecule has 0 bridgehead atoms. The molecule has 0 radical (unpaired) electrons. The van der Waals surface area contributed by atoms with Crippen LogP contribution >= 0.6 is 0 Å². The van der Waals surface area contributed by atoms with Crippen molar-refractivity contribution in [3.63, 3.8) is 0 Å². The Bertz CT molecular complexity index is 319. The lowest BCUT2D eigenvalue weighted by Gasteiger charge is -2.25. The first-order valence-corrected chi connectivity index (χ1v) is 5.79. The first kappa shape index (κ1) is 10.5. The van der Waals surface area contributed by atoms with Gasteiger partial charge in [-0.15, -0.1) is 0 Å². The maximum Gasteiger partial charge on any atom is 0.172 e.